The molecule has 0 unspecified atom stereocenters. The molecule has 0 fully saturated rings. The van der Waals surface area contributed by atoms with Crippen LogP contribution in [0.5, 0.6) is 0 Å². The molecule has 170 valence electrons. The van der Waals surface area contributed by atoms with Crippen molar-refractivity contribution in [2.45, 2.75) is 22.6 Å². The average molecular weight is 1630 g/mol. The Labute approximate surface area is 323 Å². The lowest BCUT2D eigenvalue weighted by Gasteiger charge is -2.57. The summed E-state index contributed by atoms with van der Waals surface area (Å²) in [6.07, 6.45) is 0. The van der Waals surface area contributed by atoms with Gasteiger partial charge in [0.1, 0.15) is 20.5 Å². The number of hydrogen-bond donors (Lipinski definition) is 0. The minimum absolute atomic E-state index is 0.335. The van der Waals surface area contributed by atoms with Crippen molar-refractivity contribution in [1.82, 2.24) is 0 Å². The third kappa shape index (κ3) is 7.86. The maximum atomic E-state index is 3.86. The molecule has 0 heterocycles. The quantitative estimate of drug-likeness (QED) is 0.241. The summed E-state index contributed by atoms with van der Waals surface area (Å²) in [7, 11) is 0. The minimum atomic E-state index is -0.977. The van der Waals surface area contributed by atoms with Crippen LogP contribution in [0.3, 0.4) is 0 Å². The molecule has 28 heavy (non-hydrogen) atoms. The molecule has 0 saturated carbocycles. The first-order valence-electron chi connectivity index (χ1n) is 5.71. The number of rotatable bonds is 5. The second-order valence-corrected chi connectivity index (χ2v) is 42.9. The Kier molecular flexibility index (Phi) is 16.3. The van der Waals surface area contributed by atoms with Crippen molar-refractivity contribution in [1.29, 1.82) is 0 Å². The molecule has 0 N–H and O–H groups in total. The molecule has 0 aliphatic rings. The molecular formula is C9HBr19. The third-order valence-electron chi connectivity index (χ3n) is 2.97. The summed E-state index contributed by atoms with van der Waals surface area (Å²) in [6, 6.07) is 0. The summed E-state index contributed by atoms with van der Waals surface area (Å²) in [5, 5.41) is 0. The largest absolute Gasteiger partial charge is 0.162 e. The van der Waals surface area contributed by atoms with Gasteiger partial charge in [0.25, 0.3) is 0 Å². The number of alkyl halides is 19. The lowest BCUT2D eigenvalue weighted by molar-refractivity contribution is 0.500. The zero-order valence-corrected chi connectivity index (χ0v) is 41.9. The molecule has 0 rings (SSSR count). The molecule has 0 aliphatic carbocycles. The van der Waals surface area contributed by atoms with E-state index in [9.17, 15) is 0 Å². The number of halogens is 19. The minimum Gasteiger partial charge on any atom is -0.0696 e. The van der Waals surface area contributed by atoms with Gasteiger partial charge < -0.3 is 0 Å². The van der Waals surface area contributed by atoms with Crippen molar-refractivity contribution >= 4 is 303 Å². The van der Waals surface area contributed by atoms with Crippen LogP contribution in [0.4, 0.5) is 0 Å². The molecule has 0 radical (unpaired) electrons. The maximum Gasteiger partial charge on any atom is 0.162 e. The molecule has 19 heteroatoms. The monoisotopic (exact) mass is 1610 g/mol. The lowest BCUT2D eigenvalue weighted by atomic mass is 10.0. The Hall–Kier alpha value is 9.12. The Morgan fingerprint density at radius 3 is 0.786 bits per heavy atom. The molecule has 0 atom stereocenters. The normalized spacial score (nSPS) is 16.7. The van der Waals surface area contributed by atoms with Crippen LogP contribution >= 0.6 is 303 Å². The van der Waals surface area contributed by atoms with Gasteiger partial charge >= 0.3 is 0 Å². The van der Waals surface area contributed by atoms with E-state index in [4.69, 9.17) is 0 Å². The molecule has 0 nitrogen and oxygen atoms in total. The van der Waals surface area contributed by atoms with E-state index in [1.807, 2.05) is 0 Å². The number of hydrogen-bond acceptors (Lipinski definition) is 0. The zero-order chi connectivity index (χ0) is 23.6. The van der Waals surface area contributed by atoms with E-state index < -0.39 is 22.6 Å². The van der Waals surface area contributed by atoms with Gasteiger partial charge in [-0.2, -0.15) is 0 Å². The fourth-order valence-electron chi connectivity index (χ4n) is 1.56. The van der Waals surface area contributed by atoms with Gasteiger partial charge in [-0.25, -0.2) is 0 Å². The van der Waals surface area contributed by atoms with Crippen LogP contribution in [-0.2, 0) is 0 Å². The van der Waals surface area contributed by atoms with Crippen LogP contribution in [0.15, 0.2) is 0 Å². The van der Waals surface area contributed by atoms with Gasteiger partial charge in [0.15, 0.2) is 2.14 Å². The topological polar surface area (TPSA) is 0 Å². The SMILES string of the molecule is BrC(Br)(Br)C(C(Br)(Br)Br)C(Br)(Br)C(Br)(Br)C(Br)(Br)C(Br)(Br)C(Br)(Br)C(Br)(Br)Br. The van der Waals surface area contributed by atoms with Crippen LogP contribution in [0.2, 0.25) is 0 Å². The van der Waals surface area contributed by atoms with Gasteiger partial charge in [-0.15, -0.1) is 0 Å². The van der Waals surface area contributed by atoms with E-state index in [1.165, 1.54) is 0 Å². The highest BCUT2D eigenvalue weighted by atomic mass is 80.0. The van der Waals surface area contributed by atoms with E-state index in [0.717, 1.165) is 0 Å². The fraction of sp³-hybridized carbons (Fsp3) is 1.00. The van der Waals surface area contributed by atoms with Gasteiger partial charge in [0.05, 0.1) is 5.92 Å². The molecule has 0 aromatic carbocycles. The van der Waals surface area contributed by atoms with E-state index in [-0.39, 0.29) is 5.92 Å². The molecule has 0 spiro atoms. The molecular weight excluding hydrogens is 1630 g/mol. The summed E-state index contributed by atoms with van der Waals surface area (Å²) in [5.74, 6) is -0.335. The van der Waals surface area contributed by atoms with Gasteiger partial charge in [-0.05, 0) is 0 Å². The Bertz CT molecular complexity index is 541. The van der Waals surface area contributed by atoms with E-state index in [2.05, 4.69) is 303 Å². The molecule has 0 amide bonds. The van der Waals surface area contributed by atoms with Crippen molar-refractivity contribution in [3.8, 4) is 0 Å². The predicted molar refractivity (Wildman–Crippen MR) is 195 cm³/mol. The second kappa shape index (κ2) is 12.3. The van der Waals surface area contributed by atoms with Crippen molar-refractivity contribution in [2.75, 3.05) is 0 Å². The summed E-state index contributed by atoms with van der Waals surface area (Å²) in [6.45, 7) is 0. The maximum absolute atomic E-state index is 3.86. The Morgan fingerprint density at radius 1 is 0.321 bits per heavy atom. The molecule has 0 saturated heterocycles. The molecule has 0 aromatic rings. The fourth-order valence-corrected chi connectivity index (χ4v) is 23.8. The first-order valence-corrected chi connectivity index (χ1v) is 20.8. The van der Waals surface area contributed by atoms with Crippen molar-refractivity contribution in [2.24, 2.45) is 5.92 Å². The summed E-state index contributed by atoms with van der Waals surface area (Å²) in [4.78, 5) is 0. The van der Waals surface area contributed by atoms with Gasteiger partial charge in [0, 0.05) is 0 Å². The summed E-state index contributed by atoms with van der Waals surface area (Å²) < 4.78 is -6.89. The van der Waals surface area contributed by atoms with E-state index >= 15 is 0 Å². The van der Waals surface area contributed by atoms with Gasteiger partial charge in [-0.1, -0.05) is 303 Å². The van der Waals surface area contributed by atoms with Gasteiger partial charge in [0.2, 0.25) is 0 Å². The van der Waals surface area contributed by atoms with Crippen LogP contribution in [0.1, 0.15) is 0 Å². The molecule has 0 aromatic heterocycles. The predicted octanol–water partition coefficient (Wildman–Crippen LogP) is 14.5. The van der Waals surface area contributed by atoms with Crippen LogP contribution in [0, 0.1) is 5.92 Å². The first kappa shape index (κ1) is 37.1. The zero-order valence-electron chi connectivity index (χ0n) is 11.8. The highest BCUT2D eigenvalue weighted by Gasteiger charge is 2.75. The van der Waals surface area contributed by atoms with Crippen LogP contribution in [-0.4, -0.2) is 22.6 Å². The van der Waals surface area contributed by atoms with Crippen molar-refractivity contribution < 1.29 is 0 Å². The standard InChI is InChI=1S/C9HBr19/c10-2(11,1(3(12,13)14)4(15,16)17)5(18,19)6(20,21)7(22,23)8(24,25)9(26,27)28/h1H. The highest BCUT2D eigenvalue weighted by molar-refractivity contribution is 9.42. The Balaban J connectivity index is 6.78. The molecule has 0 aliphatic heterocycles. The Morgan fingerprint density at radius 2 is 0.571 bits per heavy atom. The smallest absolute Gasteiger partial charge is 0.0696 e. The average Bonchev–Trinajstić information content (AvgIpc) is 2.31. The van der Waals surface area contributed by atoms with Gasteiger partial charge in [-0.3, -0.25) is 0 Å². The van der Waals surface area contributed by atoms with Crippen LogP contribution < -0.4 is 0 Å². The highest BCUT2D eigenvalue weighted by Crippen LogP contribution is 2.77. The third-order valence-corrected chi connectivity index (χ3v) is 30.9. The summed E-state index contributed by atoms with van der Waals surface area (Å²) in [5.41, 5.74) is 0. The summed E-state index contributed by atoms with van der Waals surface area (Å²) >= 11 is 70.8. The van der Waals surface area contributed by atoms with Crippen molar-refractivity contribution in [3.63, 3.8) is 0 Å². The first-order chi connectivity index (χ1) is 11.6. The lowest BCUT2D eigenvalue weighted by Crippen LogP contribution is -2.66. The molecule has 0 bridgehead atoms. The van der Waals surface area contributed by atoms with Crippen molar-refractivity contribution in [3.05, 3.63) is 0 Å². The van der Waals surface area contributed by atoms with E-state index in [0.29, 0.717) is 0 Å². The second-order valence-electron chi connectivity index (χ2n) is 4.93. The van der Waals surface area contributed by atoms with Crippen LogP contribution in [0.25, 0.3) is 0 Å². The van der Waals surface area contributed by atoms with E-state index in [1.54, 1.807) is 0 Å².